The number of H-pyrrole nitrogens is 1. The van der Waals surface area contributed by atoms with Crippen molar-refractivity contribution in [3.8, 4) is 0 Å². The van der Waals surface area contributed by atoms with Gasteiger partial charge in [-0.05, 0) is 30.5 Å². The third-order valence-corrected chi connectivity index (χ3v) is 4.08. The Morgan fingerprint density at radius 2 is 2.05 bits per heavy atom. The van der Waals surface area contributed by atoms with Crippen molar-refractivity contribution in [2.45, 2.75) is 26.3 Å². The molecule has 0 spiro atoms. The maximum Gasteiger partial charge on any atom is 0.0811 e. The van der Waals surface area contributed by atoms with Crippen LogP contribution in [-0.2, 0) is 0 Å². The minimum atomic E-state index is -0.0322. The number of pyridine rings is 1. The van der Waals surface area contributed by atoms with Crippen molar-refractivity contribution in [3.63, 3.8) is 0 Å². The molecule has 3 N–H and O–H groups in total. The van der Waals surface area contributed by atoms with Crippen molar-refractivity contribution in [1.29, 1.82) is 0 Å². The zero-order valence-corrected chi connectivity index (χ0v) is 13.2. The van der Waals surface area contributed by atoms with Gasteiger partial charge in [0.1, 0.15) is 0 Å². The van der Waals surface area contributed by atoms with Gasteiger partial charge in [0.25, 0.3) is 0 Å². The van der Waals surface area contributed by atoms with Crippen LogP contribution in [0.1, 0.15) is 32.0 Å². The molecule has 0 fully saturated rings. The highest BCUT2D eigenvalue weighted by atomic mass is 79.9. The SMILES string of the molecule is CC(C)C[C@@H](N)c1nccc2c1[nH]c1cc(Br)ccc12. The first-order valence-corrected chi connectivity index (χ1v) is 7.67. The van der Waals surface area contributed by atoms with Crippen molar-refractivity contribution < 1.29 is 0 Å². The smallest absolute Gasteiger partial charge is 0.0811 e. The lowest BCUT2D eigenvalue weighted by Gasteiger charge is -2.14. The Hall–Kier alpha value is -1.39. The van der Waals surface area contributed by atoms with Crippen LogP contribution in [0, 0.1) is 5.92 Å². The average Bonchev–Trinajstić information content (AvgIpc) is 2.74. The van der Waals surface area contributed by atoms with E-state index in [1.54, 1.807) is 0 Å². The molecule has 0 saturated carbocycles. The Morgan fingerprint density at radius 3 is 2.80 bits per heavy atom. The molecule has 0 unspecified atom stereocenters. The van der Waals surface area contributed by atoms with Crippen LogP contribution in [0.5, 0.6) is 0 Å². The number of aromatic nitrogens is 2. The molecule has 2 heterocycles. The molecule has 0 radical (unpaired) electrons. The van der Waals surface area contributed by atoms with Crippen LogP contribution in [0.25, 0.3) is 21.8 Å². The van der Waals surface area contributed by atoms with Crippen molar-refractivity contribution in [2.75, 3.05) is 0 Å². The van der Waals surface area contributed by atoms with E-state index in [-0.39, 0.29) is 6.04 Å². The fraction of sp³-hybridized carbons (Fsp3) is 0.312. The van der Waals surface area contributed by atoms with Crippen LogP contribution in [0.3, 0.4) is 0 Å². The van der Waals surface area contributed by atoms with Crippen LogP contribution >= 0.6 is 15.9 Å². The van der Waals surface area contributed by atoms with Gasteiger partial charge in [-0.3, -0.25) is 4.98 Å². The van der Waals surface area contributed by atoms with Crippen LogP contribution in [0.4, 0.5) is 0 Å². The Labute approximate surface area is 126 Å². The second-order valence-corrected chi connectivity index (χ2v) is 6.59. The molecule has 104 valence electrons. The van der Waals surface area contributed by atoms with Crippen LogP contribution in [0.15, 0.2) is 34.9 Å². The molecule has 3 aromatic rings. The van der Waals surface area contributed by atoms with E-state index >= 15 is 0 Å². The lowest BCUT2D eigenvalue weighted by molar-refractivity contribution is 0.504. The standard InChI is InChI=1S/C16H18BrN3/c1-9(2)7-13(18)16-15-12(5-6-19-16)11-4-3-10(17)8-14(11)20-15/h3-6,8-9,13,20H,7,18H2,1-2H3/t13-/m1/s1. The molecule has 3 rings (SSSR count). The lowest BCUT2D eigenvalue weighted by Crippen LogP contribution is -2.14. The van der Waals surface area contributed by atoms with Gasteiger partial charge in [-0.15, -0.1) is 0 Å². The van der Waals surface area contributed by atoms with E-state index in [4.69, 9.17) is 5.73 Å². The number of halogens is 1. The molecule has 0 aliphatic carbocycles. The van der Waals surface area contributed by atoms with Crippen molar-refractivity contribution in [3.05, 3.63) is 40.6 Å². The van der Waals surface area contributed by atoms with Gasteiger partial charge < -0.3 is 10.7 Å². The topological polar surface area (TPSA) is 54.7 Å². The largest absolute Gasteiger partial charge is 0.353 e. The molecule has 0 bridgehead atoms. The minimum Gasteiger partial charge on any atom is -0.353 e. The van der Waals surface area contributed by atoms with Crippen LogP contribution in [-0.4, -0.2) is 9.97 Å². The van der Waals surface area contributed by atoms with Gasteiger partial charge in [0.2, 0.25) is 0 Å². The molecule has 2 aromatic heterocycles. The Kier molecular flexibility index (Phi) is 3.52. The Balaban J connectivity index is 2.21. The van der Waals surface area contributed by atoms with Gasteiger partial charge in [-0.25, -0.2) is 0 Å². The van der Waals surface area contributed by atoms with Gasteiger partial charge in [-0.2, -0.15) is 0 Å². The number of rotatable bonds is 3. The summed E-state index contributed by atoms with van der Waals surface area (Å²) < 4.78 is 1.07. The highest BCUT2D eigenvalue weighted by Crippen LogP contribution is 2.31. The normalized spacial score (nSPS) is 13.4. The summed E-state index contributed by atoms with van der Waals surface area (Å²) in [5.74, 6) is 0.556. The number of hydrogen-bond donors (Lipinski definition) is 2. The van der Waals surface area contributed by atoms with Crippen LogP contribution < -0.4 is 5.73 Å². The summed E-state index contributed by atoms with van der Waals surface area (Å²) in [6, 6.07) is 8.29. The van der Waals surface area contributed by atoms with Crippen molar-refractivity contribution in [1.82, 2.24) is 9.97 Å². The molecule has 0 saturated heterocycles. The molecular weight excluding hydrogens is 314 g/mol. The van der Waals surface area contributed by atoms with E-state index in [0.29, 0.717) is 5.92 Å². The fourth-order valence-electron chi connectivity index (χ4n) is 2.72. The molecule has 1 aromatic carbocycles. The van der Waals surface area contributed by atoms with E-state index in [1.165, 1.54) is 10.8 Å². The van der Waals surface area contributed by atoms with Gasteiger partial charge in [-0.1, -0.05) is 35.8 Å². The molecule has 3 nitrogen and oxygen atoms in total. The van der Waals surface area contributed by atoms with Crippen molar-refractivity contribution in [2.24, 2.45) is 11.7 Å². The zero-order chi connectivity index (χ0) is 14.3. The van der Waals surface area contributed by atoms with Gasteiger partial charge in [0.15, 0.2) is 0 Å². The third kappa shape index (κ3) is 2.34. The number of benzene rings is 1. The van der Waals surface area contributed by atoms with E-state index in [2.05, 4.69) is 57.9 Å². The molecule has 0 aliphatic heterocycles. The maximum absolute atomic E-state index is 6.32. The summed E-state index contributed by atoms with van der Waals surface area (Å²) in [5, 5.41) is 2.40. The molecule has 1 atom stereocenters. The predicted octanol–water partition coefficient (Wildman–Crippen LogP) is 4.52. The zero-order valence-electron chi connectivity index (χ0n) is 11.7. The highest BCUT2D eigenvalue weighted by Gasteiger charge is 2.16. The Bertz CT molecular complexity index is 761. The van der Waals surface area contributed by atoms with E-state index in [1.807, 2.05) is 12.3 Å². The summed E-state index contributed by atoms with van der Waals surface area (Å²) in [6.07, 6.45) is 2.79. The van der Waals surface area contributed by atoms with E-state index in [9.17, 15) is 0 Å². The molecule has 0 amide bonds. The second-order valence-electron chi connectivity index (χ2n) is 5.67. The molecule has 20 heavy (non-hydrogen) atoms. The monoisotopic (exact) mass is 331 g/mol. The second kappa shape index (κ2) is 5.19. The summed E-state index contributed by atoms with van der Waals surface area (Å²) in [7, 11) is 0. The summed E-state index contributed by atoms with van der Waals surface area (Å²) in [5.41, 5.74) is 9.46. The van der Waals surface area contributed by atoms with Gasteiger partial charge >= 0.3 is 0 Å². The maximum atomic E-state index is 6.32. The highest BCUT2D eigenvalue weighted by molar-refractivity contribution is 9.10. The number of nitrogens with one attached hydrogen (secondary N) is 1. The quantitative estimate of drug-likeness (QED) is 0.741. The number of aromatic amines is 1. The number of nitrogens with two attached hydrogens (primary N) is 1. The molecule has 0 aliphatic rings. The van der Waals surface area contributed by atoms with E-state index < -0.39 is 0 Å². The van der Waals surface area contributed by atoms with Crippen molar-refractivity contribution >= 4 is 37.7 Å². The average molecular weight is 332 g/mol. The fourth-order valence-corrected chi connectivity index (χ4v) is 3.08. The predicted molar refractivity (Wildman–Crippen MR) is 87.7 cm³/mol. The first-order valence-electron chi connectivity index (χ1n) is 6.87. The Morgan fingerprint density at radius 1 is 1.25 bits per heavy atom. The number of nitrogens with zero attached hydrogens (tertiary/aromatic N) is 1. The van der Waals surface area contributed by atoms with Gasteiger partial charge in [0.05, 0.1) is 11.2 Å². The first kappa shape index (κ1) is 13.6. The lowest BCUT2D eigenvalue weighted by atomic mass is 10.0. The molecule has 4 heteroatoms. The van der Waals surface area contributed by atoms with Gasteiger partial charge in [0, 0.05) is 33.0 Å². The summed E-state index contributed by atoms with van der Waals surface area (Å²) in [6.45, 7) is 4.37. The minimum absolute atomic E-state index is 0.0322. The third-order valence-electron chi connectivity index (χ3n) is 3.59. The number of hydrogen-bond acceptors (Lipinski definition) is 2. The summed E-state index contributed by atoms with van der Waals surface area (Å²) >= 11 is 3.51. The van der Waals surface area contributed by atoms with Crippen LogP contribution in [0.2, 0.25) is 0 Å². The first-order chi connectivity index (χ1) is 9.56. The summed E-state index contributed by atoms with van der Waals surface area (Å²) in [4.78, 5) is 7.98. The number of fused-ring (bicyclic) bond motifs is 3. The van der Waals surface area contributed by atoms with E-state index in [0.717, 1.165) is 27.6 Å². The molecular formula is C16H18BrN3.